The number of hydrogen-bond donors (Lipinski definition) is 3. The molecule has 0 aliphatic carbocycles. The number of carbonyl (C=O) groups is 3. The molecule has 0 bridgehead atoms. The molecule has 2 fully saturated rings. The van der Waals surface area contributed by atoms with Crippen molar-refractivity contribution in [1.82, 2.24) is 14.3 Å². The van der Waals surface area contributed by atoms with E-state index >= 15 is 0 Å². The lowest BCUT2D eigenvalue weighted by molar-refractivity contribution is -0.143. The van der Waals surface area contributed by atoms with Crippen LogP contribution >= 0.6 is 0 Å². The molecule has 118 valence electrons. The number of imide groups is 1. The number of aliphatic carboxylic acids is 1. The predicted octanol–water partition coefficient (Wildman–Crippen LogP) is -1.58. The minimum absolute atomic E-state index is 0.0661. The molecule has 2 aliphatic heterocycles. The molecular weight excluding hydrogens is 302 g/mol. The third-order valence-electron chi connectivity index (χ3n) is 3.60. The quantitative estimate of drug-likeness (QED) is 0.536. The summed E-state index contributed by atoms with van der Waals surface area (Å²) in [4.78, 5) is 33.5. The van der Waals surface area contributed by atoms with Gasteiger partial charge in [0, 0.05) is 19.5 Å². The molecular formula is C11H17N3O6S. The maximum atomic E-state index is 12.2. The summed E-state index contributed by atoms with van der Waals surface area (Å²) in [5.41, 5.74) is 0. The summed E-state index contributed by atoms with van der Waals surface area (Å²) in [5, 5.41) is 11.0. The van der Waals surface area contributed by atoms with E-state index in [0.29, 0.717) is 12.8 Å². The topological polar surface area (TPSA) is 133 Å². The molecule has 2 aliphatic rings. The summed E-state index contributed by atoms with van der Waals surface area (Å²) in [7, 11) is -3.95. The Morgan fingerprint density at radius 3 is 2.67 bits per heavy atom. The number of amides is 2. The lowest BCUT2D eigenvalue weighted by atomic mass is 10.0. The minimum Gasteiger partial charge on any atom is -0.481 e. The SMILES string of the molecule is O=C1CCC(NS(=O)(=O)N2CCCC(C(=O)O)C2)C(=O)N1. The Morgan fingerprint density at radius 2 is 2.05 bits per heavy atom. The molecule has 0 radical (unpaired) electrons. The maximum Gasteiger partial charge on any atom is 0.307 e. The Balaban J connectivity index is 2.02. The lowest BCUT2D eigenvalue weighted by Crippen LogP contribution is -2.56. The van der Waals surface area contributed by atoms with Gasteiger partial charge in [0.05, 0.1) is 5.92 Å². The fraction of sp³-hybridized carbons (Fsp3) is 0.727. The summed E-state index contributed by atoms with van der Waals surface area (Å²) < 4.78 is 27.7. The van der Waals surface area contributed by atoms with Crippen LogP contribution in [0.25, 0.3) is 0 Å². The molecule has 10 heteroatoms. The fourth-order valence-electron chi connectivity index (χ4n) is 2.42. The Hall–Kier alpha value is -1.52. The van der Waals surface area contributed by atoms with E-state index in [9.17, 15) is 22.8 Å². The smallest absolute Gasteiger partial charge is 0.307 e. The first-order valence-electron chi connectivity index (χ1n) is 6.63. The highest BCUT2D eigenvalue weighted by Crippen LogP contribution is 2.19. The molecule has 0 saturated carbocycles. The van der Waals surface area contributed by atoms with Gasteiger partial charge in [-0.2, -0.15) is 17.4 Å². The summed E-state index contributed by atoms with van der Waals surface area (Å²) >= 11 is 0. The summed E-state index contributed by atoms with van der Waals surface area (Å²) in [6.07, 6.45) is 1.05. The van der Waals surface area contributed by atoms with Crippen molar-refractivity contribution in [3.05, 3.63) is 0 Å². The molecule has 21 heavy (non-hydrogen) atoms. The zero-order chi connectivity index (χ0) is 15.6. The molecule has 2 unspecified atom stereocenters. The van der Waals surface area contributed by atoms with Crippen LogP contribution in [0.5, 0.6) is 0 Å². The zero-order valence-electron chi connectivity index (χ0n) is 11.2. The average Bonchev–Trinajstić information content (AvgIpc) is 2.42. The first-order chi connectivity index (χ1) is 9.79. The number of piperidine rings is 2. The highest BCUT2D eigenvalue weighted by molar-refractivity contribution is 7.87. The van der Waals surface area contributed by atoms with Gasteiger partial charge in [-0.3, -0.25) is 19.7 Å². The van der Waals surface area contributed by atoms with Gasteiger partial charge in [0.15, 0.2) is 0 Å². The van der Waals surface area contributed by atoms with Gasteiger partial charge < -0.3 is 5.11 Å². The van der Waals surface area contributed by atoms with Gasteiger partial charge >= 0.3 is 5.97 Å². The largest absolute Gasteiger partial charge is 0.481 e. The second-order valence-corrected chi connectivity index (χ2v) is 6.86. The molecule has 9 nitrogen and oxygen atoms in total. The molecule has 2 rings (SSSR count). The minimum atomic E-state index is -3.95. The van der Waals surface area contributed by atoms with Gasteiger partial charge in [-0.05, 0) is 19.3 Å². The van der Waals surface area contributed by atoms with E-state index in [0.717, 1.165) is 4.31 Å². The van der Waals surface area contributed by atoms with Crippen LogP contribution in [0.2, 0.25) is 0 Å². The molecule has 2 heterocycles. The van der Waals surface area contributed by atoms with Crippen molar-refractivity contribution in [2.24, 2.45) is 5.92 Å². The van der Waals surface area contributed by atoms with Crippen LogP contribution in [-0.4, -0.2) is 54.7 Å². The second kappa shape index (κ2) is 6.08. The number of carbonyl (C=O) groups excluding carboxylic acids is 2. The number of hydrogen-bond acceptors (Lipinski definition) is 5. The Morgan fingerprint density at radius 1 is 1.33 bits per heavy atom. The summed E-state index contributed by atoms with van der Waals surface area (Å²) in [6.45, 7) is 0.102. The summed E-state index contributed by atoms with van der Waals surface area (Å²) in [5.74, 6) is -2.88. The predicted molar refractivity (Wildman–Crippen MR) is 70.2 cm³/mol. The van der Waals surface area contributed by atoms with Crippen LogP contribution in [0.1, 0.15) is 25.7 Å². The van der Waals surface area contributed by atoms with Crippen molar-refractivity contribution < 1.29 is 27.9 Å². The van der Waals surface area contributed by atoms with Gasteiger partial charge in [-0.15, -0.1) is 0 Å². The molecule has 2 atom stereocenters. The molecule has 0 aromatic carbocycles. The number of rotatable bonds is 4. The Labute approximate surface area is 121 Å². The van der Waals surface area contributed by atoms with Crippen LogP contribution < -0.4 is 10.0 Å². The normalized spacial score (nSPS) is 28.2. The molecule has 3 N–H and O–H groups in total. The maximum absolute atomic E-state index is 12.2. The number of carboxylic acids is 1. The van der Waals surface area contributed by atoms with Crippen molar-refractivity contribution >= 4 is 28.0 Å². The third kappa shape index (κ3) is 3.77. The van der Waals surface area contributed by atoms with Gasteiger partial charge in [0.2, 0.25) is 11.8 Å². The number of nitrogens with one attached hydrogen (secondary N) is 2. The van der Waals surface area contributed by atoms with Gasteiger partial charge in [-0.1, -0.05) is 0 Å². The van der Waals surface area contributed by atoms with Crippen LogP contribution in [0, 0.1) is 5.92 Å². The Bertz CT molecular complexity index is 560. The van der Waals surface area contributed by atoms with Gasteiger partial charge in [0.1, 0.15) is 6.04 Å². The first kappa shape index (κ1) is 15.9. The van der Waals surface area contributed by atoms with E-state index < -0.39 is 40.0 Å². The lowest BCUT2D eigenvalue weighted by Gasteiger charge is -2.31. The zero-order valence-corrected chi connectivity index (χ0v) is 12.1. The fourth-order valence-corrected chi connectivity index (χ4v) is 3.90. The molecule has 2 amide bonds. The highest BCUT2D eigenvalue weighted by Gasteiger charge is 2.36. The summed E-state index contributed by atoms with van der Waals surface area (Å²) in [6, 6.07) is -1.00. The van der Waals surface area contributed by atoms with E-state index in [2.05, 4.69) is 10.0 Å². The monoisotopic (exact) mass is 319 g/mol. The molecule has 0 spiro atoms. The first-order valence-corrected chi connectivity index (χ1v) is 8.07. The van der Waals surface area contributed by atoms with E-state index in [1.165, 1.54) is 0 Å². The van der Waals surface area contributed by atoms with Crippen molar-refractivity contribution in [3.63, 3.8) is 0 Å². The van der Waals surface area contributed by atoms with Crippen molar-refractivity contribution in [1.29, 1.82) is 0 Å². The number of carboxylic acid groups (broad SMARTS) is 1. The molecule has 0 aromatic heterocycles. The van der Waals surface area contributed by atoms with Gasteiger partial charge in [0.25, 0.3) is 10.2 Å². The van der Waals surface area contributed by atoms with E-state index in [1.54, 1.807) is 0 Å². The van der Waals surface area contributed by atoms with Crippen LogP contribution in [0.15, 0.2) is 0 Å². The highest BCUT2D eigenvalue weighted by atomic mass is 32.2. The van der Waals surface area contributed by atoms with E-state index in [-0.39, 0.29) is 25.9 Å². The number of nitrogens with zero attached hydrogens (tertiary/aromatic N) is 1. The van der Waals surface area contributed by atoms with Gasteiger partial charge in [-0.25, -0.2) is 0 Å². The van der Waals surface area contributed by atoms with Crippen molar-refractivity contribution in [3.8, 4) is 0 Å². The average molecular weight is 319 g/mol. The molecule has 2 saturated heterocycles. The van der Waals surface area contributed by atoms with E-state index in [1.807, 2.05) is 0 Å². The molecule has 0 aromatic rings. The van der Waals surface area contributed by atoms with Crippen molar-refractivity contribution in [2.45, 2.75) is 31.7 Å². The Kier molecular flexibility index (Phi) is 4.59. The van der Waals surface area contributed by atoms with Crippen molar-refractivity contribution in [2.75, 3.05) is 13.1 Å². The van der Waals surface area contributed by atoms with Crippen LogP contribution in [-0.2, 0) is 24.6 Å². The second-order valence-electron chi connectivity index (χ2n) is 5.16. The standard InChI is InChI=1S/C11H17N3O6S/c15-9-4-3-8(10(16)12-9)13-21(19,20)14-5-1-2-7(6-14)11(17)18/h7-8,13H,1-6H2,(H,17,18)(H,12,15,16). The van der Waals surface area contributed by atoms with Crippen LogP contribution in [0.4, 0.5) is 0 Å². The van der Waals surface area contributed by atoms with E-state index in [4.69, 9.17) is 5.11 Å². The third-order valence-corrected chi connectivity index (χ3v) is 5.20. The van der Waals surface area contributed by atoms with Crippen LogP contribution in [0.3, 0.4) is 0 Å².